The topological polar surface area (TPSA) is 38.7 Å². The van der Waals surface area contributed by atoms with Crippen LogP contribution in [-0.2, 0) is 9.47 Å². The monoisotopic (exact) mass is 286 g/mol. The molecule has 2 fully saturated rings. The summed E-state index contributed by atoms with van der Waals surface area (Å²) in [6.07, 6.45) is 2.54. The van der Waals surface area contributed by atoms with Crippen LogP contribution in [0.5, 0.6) is 0 Å². The van der Waals surface area contributed by atoms with Crippen molar-refractivity contribution in [2.45, 2.75) is 79.3 Å². The molecule has 0 aromatic heterocycles. The van der Waals surface area contributed by atoms with Gasteiger partial charge in [0.1, 0.15) is 0 Å². The Hall–Kier alpha value is -0.120. The third kappa shape index (κ3) is 3.96. The molecule has 3 nitrogen and oxygen atoms in total. The first-order chi connectivity index (χ1) is 9.33. The Balaban J connectivity index is 0.000000200. The maximum Gasteiger partial charge on any atom is 0.0838 e. The molecule has 0 radical (unpaired) electrons. The molecule has 2 rings (SSSR count). The van der Waals surface area contributed by atoms with Gasteiger partial charge in [0.15, 0.2) is 0 Å². The van der Waals surface area contributed by atoms with Crippen LogP contribution in [0.2, 0.25) is 0 Å². The molecule has 120 valence electrons. The van der Waals surface area contributed by atoms with Gasteiger partial charge in [0.05, 0.1) is 31.0 Å². The standard InChI is InChI=1S/C9H18O.C8H16O2/c1-5-9-7(3)6(2)8(4)10-9;1-5-6(2)8(4-9)10-7(5)3/h6-9H,5H2,1-4H3;5-9H,4H2,1-3H3/t6?,7?,8-,9+;5?,6?,7-,8+/m00/s1. The summed E-state index contributed by atoms with van der Waals surface area (Å²) in [4.78, 5) is 0. The van der Waals surface area contributed by atoms with E-state index in [0.717, 1.165) is 18.3 Å². The van der Waals surface area contributed by atoms with E-state index in [1.165, 1.54) is 0 Å². The fraction of sp³-hybridized carbons (Fsp3) is 1.00. The smallest absolute Gasteiger partial charge is 0.0838 e. The van der Waals surface area contributed by atoms with Gasteiger partial charge in [0.2, 0.25) is 0 Å². The summed E-state index contributed by atoms with van der Waals surface area (Å²) in [6, 6.07) is 0. The molecule has 0 aromatic carbocycles. The molecule has 2 saturated heterocycles. The van der Waals surface area contributed by atoms with Crippen molar-refractivity contribution < 1.29 is 14.6 Å². The molecule has 20 heavy (non-hydrogen) atoms. The van der Waals surface area contributed by atoms with E-state index in [9.17, 15) is 0 Å². The van der Waals surface area contributed by atoms with E-state index in [1.807, 2.05) is 0 Å². The van der Waals surface area contributed by atoms with Gasteiger partial charge in [0, 0.05) is 0 Å². The minimum atomic E-state index is 0.0741. The van der Waals surface area contributed by atoms with Gasteiger partial charge in [-0.2, -0.15) is 0 Å². The summed E-state index contributed by atoms with van der Waals surface area (Å²) in [7, 11) is 0. The summed E-state index contributed by atoms with van der Waals surface area (Å²) in [5.41, 5.74) is 0. The largest absolute Gasteiger partial charge is 0.394 e. The molecule has 0 aromatic rings. The van der Waals surface area contributed by atoms with Gasteiger partial charge in [-0.25, -0.2) is 0 Å². The molecule has 1 N–H and O–H groups in total. The Labute approximate surface area is 125 Å². The van der Waals surface area contributed by atoms with E-state index in [2.05, 4.69) is 48.5 Å². The molecule has 0 bridgehead atoms. The summed E-state index contributed by atoms with van der Waals surface area (Å²) in [5.74, 6) is 2.57. The molecule has 4 unspecified atom stereocenters. The highest BCUT2D eigenvalue weighted by Crippen LogP contribution is 2.33. The van der Waals surface area contributed by atoms with Gasteiger partial charge in [-0.3, -0.25) is 0 Å². The van der Waals surface area contributed by atoms with Gasteiger partial charge in [-0.15, -0.1) is 0 Å². The summed E-state index contributed by atoms with van der Waals surface area (Å²) in [5, 5.41) is 8.85. The van der Waals surface area contributed by atoms with Crippen LogP contribution in [0.3, 0.4) is 0 Å². The van der Waals surface area contributed by atoms with E-state index in [0.29, 0.717) is 30.1 Å². The van der Waals surface area contributed by atoms with Crippen molar-refractivity contribution in [3.8, 4) is 0 Å². The summed E-state index contributed by atoms with van der Waals surface area (Å²) in [6.45, 7) is 15.5. The molecule has 2 aliphatic heterocycles. The SMILES string of the molecule is CC1C(C)[C@@H](CO)O[C@H]1C.CC[C@H]1O[C@@H](C)C(C)C1C. The molecule has 0 spiro atoms. The third-order valence-electron chi connectivity index (χ3n) is 5.67. The zero-order valence-electron chi connectivity index (χ0n) is 14.3. The average molecular weight is 286 g/mol. The summed E-state index contributed by atoms with van der Waals surface area (Å²) < 4.78 is 11.2. The Kier molecular flexibility index (Phi) is 6.96. The van der Waals surface area contributed by atoms with Crippen LogP contribution in [0.25, 0.3) is 0 Å². The molecule has 0 aliphatic carbocycles. The van der Waals surface area contributed by atoms with Crippen molar-refractivity contribution in [3.63, 3.8) is 0 Å². The Morgan fingerprint density at radius 3 is 1.25 bits per heavy atom. The maximum atomic E-state index is 8.85. The number of rotatable bonds is 2. The Morgan fingerprint density at radius 1 is 0.700 bits per heavy atom. The van der Waals surface area contributed by atoms with Crippen molar-refractivity contribution in [3.05, 3.63) is 0 Å². The van der Waals surface area contributed by atoms with Crippen molar-refractivity contribution in [2.75, 3.05) is 6.61 Å². The van der Waals surface area contributed by atoms with Gasteiger partial charge in [-0.05, 0) is 43.9 Å². The first-order valence-corrected chi connectivity index (χ1v) is 8.25. The maximum absolute atomic E-state index is 8.85. The fourth-order valence-electron chi connectivity index (χ4n) is 3.26. The van der Waals surface area contributed by atoms with Crippen molar-refractivity contribution in [1.29, 1.82) is 0 Å². The molecular formula is C17H34O3. The van der Waals surface area contributed by atoms with Gasteiger partial charge in [0.25, 0.3) is 0 Å². The quantitative estimate of drug-likeness (QED) is 0.844. The van der Waals surface area contributed by atoms with Crippen LogP contribution < -0.4 is 0 Å². The van der Waals surface area contributed by atoms with E-state index >= 15 is 0 Å². The van der Waals surface area contributed by atoms with Crippen molar-refractivity contribution in [2.24, 2.45) is 23.7 Å². The summed E-state index contributed by atoms with van der Waals surface area (Å²) >= 11 is 0. The second kappa shape index (κ2) is 7.77. The number of hydrogen-bond donors (Lipinski definition) is 1. The first kappa shape index (κ1) is 17.9. The lowest BCUT2D eigenvalue weighted by Gasteiger charge is -2.12. The van der Waals surface area contributed by atoms with Crippen LogP contribution in [-0.4, -0.2) is 36.1 Å². The van der Waals surface area contributed by atoms with Crippen LogP contribution in [0, 0.1) is 23.7 Å². The number of aliphatic hydroxyl groups is 1. The lowest BCUT2D eigenvalue weighted by molar-refractivity contribution is 0.00657. The van der Waals surface area contributed by atoms with Gasteiger partial charge < -0.3 is 14.6 Å². The Bertz CT molecular complexity index is 253. The Morgan fingerprint density at radius 2 is 1.10 bits per heavy atom. The average Bonchev–Trinajstić information content (AvgIpc) is 2.84. The first-order valence-electron chi connectivity index (χ1n) is 8.25. The van der Waals surface area contributed by atoms with Gasteiger partial charge >= 0.3 is 0 Å². The number of ether oxygens (including phenoxy) is 2. The highest BCUT2D eigenvalue weighted by atomic mass is 16.5. The highest BCUT2D eigenvalue weighted by Gasteiger charge is 2.36. The fourth-order valence-corrected chi connectivity index (χ4v) is 3.26. The van der Waals surface area contributed by atoms with Gasteiger partial charge in [-0.1, -0.05) is 34.6 Å². The molecule has 2 aliphatic rings. The van der Waals surface area contributed by atoms with E-state index in [1.54, 1.807) is 0 Å². The van der Waals surface area contributed by atoms with E-state index in [4.69, 9.17) is 14.6 Å². The zero-order chi connectivity index (χ0) is 15.4. The van der Waals surface area contributed by atoms with E-state index < -0.39 is 0 Å². The normalized spacial score (nSPS) is 48.0. The van der Waals surface area contributed by atoms with Crippen molar-refractivity contribution >= 4 is 0 Å². The van der Waals surface area contributed by atoms with Crippen molar-refractivity contribution in [1.82, 2.24) is 0 Å². The number of hydrogen-bond acceptors (Lipinski definition) is 3. The second-order valence-corrected chi connectivity index (χ2v) is 6.79. The molecule has 0 saturated carbocycles. The minimum Gasteiger partial charge on any atom is -0.394 e. The van der Waals surface area contributed by atoms with Crippen LogP contribution in [0.1, 0.15) is 54.9 Å². The predicted octanol–water partition coefficient (Wildman–Crippen LogP) is 3.49. The molecule has 8 atom stereocenters. The molecule has 3 heteroatoms. The molecular weight excluding hydrogens is 252 g/mol. The van der Waals surface area contributed by atoms with Crippen LogP contribution >= 0.6 is 0 Å². The zero-order valence-corrected chi connectivity index (χ0v) is 14.3. The number of aliphatic hydroxyl groups excluding tert-OH is 1. The minimum absolute atomic E-state index is 0.0741. The van der Waals surface area contributed by atoms with Crippen LogP contribution in [0.4, 0.5) is 0 Å². The van der Waals surface area contributed by atoms with E-state index in [-0.39, 0.29) is 12.7 Å². The third-order valence-corrected chi connectivity index (χ3v) is 5.67. The highest BCUT2D eigenvalue weighted by molar-refractivity contribution is 4.83. The lowest BCUT2D eigenvalue weighted by Crippen LogP contribution is -2.19. The van der Waals surface area contributed by atoms with Crippen LogP contribution in [0.15, 0.2) is 0 Å². The predicted molar refractivity (Wildman–Crippen MR) is 82.7 cm³/mol. The molecule has 0 amide bonds. The lowest BCUT2D eigenvalue weighted by atomic mass is 9.90. The second-order valence-electron chi connectivity index (χ2n) is 6.79. The molecule has 2 heterocycles.